The predicted octanol–water partition coefficient (Wildman–Crippen LogP) is -0.209. The summed E-state index contributed by atoms with van der Waals surface area (Å²) in [4.78, 5) is 14.0. The molecule has 1 aromatic heterocycles. The third-order valence-corrected chi connectivity index (χ3v) is 3.19. The lowest BCUT2D eigenvalue weighted by Crippen LogP contribution is -2.46. The van der Waals surface area contributed by atoms with Crippen molar-refractivity contribution in [3.63, 3.8) is 0 Å². The van der Waals surface area contributed by atoms with Crippen molar-refractivity contribution >= 4 is 16.9 Å². The highest BCUT2D eigenvalue weighted by molar-refractivity contribution is 5.97. The molecule has 0 radical (unpaired) electrons. The SMILES string of the molecule is O=C(c1ccc2n[nH]nc2c1)N1CCOC(CO)C1. The number of aromatic nitrogens is 3. The zero-order valence-electron chi connectivity index (χ0n) is 10.2. The normalized spacial score (nSPS) is 19.8. The highest BCUT2D eigenvalue weighted by Crippen LogP contribution is 2.14. The second-order valence-corrected chi connectivity index (χ2v) is 4.45. The highest BCUT2D eigenvalue weighted by Gasteiger charge is 2.24. The third-order valence-electron chi connectivity index (χ3n) is 3.19. The van der Waals surface area contributed by atoms with E-state index in [0.717, 1.165) is 5.52 Å². The fourth-order valence-corrected chi connectivity index (χ4v) is 2.17. The molecule has 0 saturated carbocycles. The molecule has 2 N–H and O–H groups in total. The fourth-order valence-electron chi connectivity index (χ4n) is 2.17. The van der Waals surface area contributed by atoms with Gasteiger partial charge in [0.05, 0.1) is 19.3 Å². The first-order valence-corrected chi connectivity index (χ1v) is 6.10. The van der Waals surface area contributed by atoms with Crippen LogP contribution < -0.4 is 0 Å². The first-order valence-electron chi connectivity index (χ1n) is 6.10. The van der Waals surface area contributed by atoms with E-state index >= 15 is 0 Å². The number of carbonyl (C=O) groups excluding carboxylic acids is 1. The van der Waals surface area contributed by atoms with Gasteiger partial charge in [-0.25, -0.2) is 0 Å². The summed E-state index contributed by atoms with van der Waals surface area (Å²) < 4.78 is 5.33. The van der Waals surface area contributed by atoms with Gasteiger partial charge in [0.15, 0.2) is 0 Å². The molecular formula is C12H14N4O3. The van der Waals surface area contributed by atoms with Crippen LogP contribution in [0.25, 0.3) is 11.0 Å². The molecule has 0 aliphatic carbocycles. The lowest BCUT2D eigenvalue weighted by molar-refractivity contribution is -0.0447. The first-order chi connectivity index (χ1) is 9.28. The van der Waals surface area contributed by atoms with Gasteiger partial charge < -0.3 is 14.7 Å². The van der Waals surface area contributed by atoms with Crippen LogP contribution in [0.4, 0.5) is 0 Å². The second-order valence-electron chi connectivity index (χ2n) is 4.45. The lowest BCUT2D eigenvalue weighted by atomic mass is 10.1. The molecule has 3 rings (SSSR count). The number of nitrogens with zero attached hydrogens (tertiary/aromatic N) is 3. The molecule has 1 aromatic carbocycles. The van der Waals surface area contributed by atoms with E-state index in [4.69, 9.17) is 9.84 Å². The van der Waals surface area contributed by atoms with E-state index in [1.54, 1.807) is 23.1 Å². The maximum Gasteiger partial charge on any atom is 0.254 e. The molecule has 1 aliphatic rings. The van der Waals surface area contributed by atoms with Crippen molar-refractivity contribution in [3.05, 3.63) is 23.8 Å². The Bertz CT molecular complexity index is 597. The highest BCUT2D eigenvalue weighted by atomic mass is 16.5. The predicted molar refractivity (Wildman–Crippen MR) is 66.6 cm³/mol. The molecule has 1 saturated heterocycles. The van der Waals surface area contributed by atoms with Crippen molar-refractivity contribution in [3.8, 4) is 0 Å². The molecule has 7 nitrogen and oxygen atoms in total. The largest absolute Gasteiger partial charge is 0.394 e. The van der Waals surface area contributed by atoms with Gasteiger partial charge in [-0.05, 0) is 18.2 Å². The van der Waals surface area contributed by atoms with Crippen molar-refractivity contribution in [2.45, 2.75) is 6.10 Å². The van der Waals surface area contributed by atoms with Crippen LogP contribution in [0.15, 0.2) is 18.2 Å². The molecule has 1 unspecified atom stereocenters. The van der Waals surface area contributed by atoms with Crippen molar-refractivity contribution in [2.75, 3.05) is 26.3 Å². The quantitative estimate of drug-likeness (QED) is 0.781. The molecule has 2 aromatic rings. The van der Waals surface area contributed by atoms with E-state index in [0.29, 0.717) is 30.8 Å². The Balaban J connectivity index is 1.82. The molecule has 1 aliphatic heterocycles. The van der Waals surface area contributed by atoms with E-state index in [1.165, 1.54) is 0 Å². The van der Waals surface area contributed by atoms with E-state index in [-0.39, 0.29) is 18.6 Å². The van der Waals surface area contributed by atoms with Gasteiger partial charge >= 0.3 is 0 Å². The number of hydrogen-bond acceptors (Lipinski definition) is 5. The van der Waals surface area contributed by atoms with E-state index in [2.05, 4.69) is 15.4 Å². The average molecular weight is 262 g/mol. The number of aliphatic hydroxyl groups excluding tert-OH is 1. The van der Waals surface area contributed by atoms with Gasteiger partial charge in [0.25, 0.3) is 5.91 Å². The number of morpholine rings is 1. The minimum atomic E-state index is -0.298. The number of aromatic amines is 1. The summed E-state index contributed by atoms with van der Waals surface area (Å²) in [5.41, 5.74) is 1.96. The van der Waals surface area contributed by atoms with Gasteiger partial charge in [-0.3, -0.25) is 4.79 Å². The fraction of sp³-hybridized carbons (Fsp3) is 0.417. The van der Waals surface area contributed by atoms with Crippen molar-refractivity contribution < 1.29 is 14.6 Å². The number of benzene rings is 1. The van der Waals surface area contributed by atoms with Crippen LogP contribution in [0, 0.1) is 0 Å². The number of carbonyl (C=O) groups is 1. The Morgan fingerprint density at radius 2 is 2.32 bits per heavy atom. The van der Waals surface area contributed by atoms with Gasteiger partial charge in [0, 0.05) is 18.7 Å². The average Bonchev–Trinajstić information content (AvgIpc) is 2.94. The summed E-state index contributed by atoms with van der Waals surface area (Å²) in [6, 6.07) is 5.21. The molecule has 0 bridgehead atoms. The third kappa shape index (κ3) is 2.29. The standard InChI is InChI=1S/C12H14N4O3/c17-7-9-6-16(3-4-19-9)12(18)8-1-2-10-11(5-8)14-15-13-10/h1-2,5,9,17H,3-4,6-7H2,(H,13,14,15). The number of fused-ring (bicyclic) bond motifs is 1. The topological polar surface area (TPSA) is 91.3 Å². The monoisotopic (exact) mass is 262 g/mol. The minimum absolute atomic E-state index is 0.0772. The van der Waals surface area contributed by atoms with Crippen LogP contribution in [0.5, 0.6) is 0 Å². The Kier molecular flexibility index (Phi) is 3.14. The van der Waals surface area contributed by atoms with Crippen molar-refractivity contribution in [1.29, 1.82) is 0 Å². The van der Waals surface area contributed by atoms with E-state index < -0.39 is 0 Å². The van der Waals surface area contributed by atoms with Crippen molar-refractivity contribution in [2.24, 2.45) is 0 Å². The molecule has 100 valence electrons. The summed E-state index contributed by atoms with van der Waals surface area (Å²) >= 11 is 0. The Morgan fingerprint density at radius 3 is 3.16 bits per heavy atom. The maximum absolute atomic E-state index is 12.4. The first kappa shape index (κ1) is 12.1. The number of H-pyrrole nitrogens is 1. The molecule has 2 heterocycles. The molecule has 7 heteroatoms. The number of aliphatic hydroxyl groups is 1. The van der Waals surface area contributed by atoms with Crippen LogP contribution in [0.2, 0.25) is 0 Å². The number of hydrogen-bond donors (Lipinski definition) is 2. The number of amides is 1. The maximum atomic E-state index is 12.4. The van der Waals surface area contributed by atoms with Crippen LogP contribution in [-0.4, -0.2) is 63.7 Å². The minimum Gasteiger partial charge on any atom is -0.394 e. The van der Waals surface area contributed by atoms with Gasteiger partial charge in [-0.1, -0.05) is 0 Å². The zero-order valence-corrected chi connectivity index (χ0v) is 10.2. The number of rotatable bonds is 2. The smallest absolute Gasteiger partial charge is 0.254 e. The molecule has 19 heavy (non-hydrogen) atoms. The Labute approximate surface area is 109 Å². The van der Waals surface area contributed by atoms with Crippen LogP contribution >= 0.6 is 0 Å². The van der Waals surface area contributed by atoms with Crippen molar-refractivity contribution in [1.82, 2.24) is 20.3 Å². The van der Waals surface area contributed by atoms with Crippen LogP contribution in [-0.2, 0) is 4.74 Å². The van der Waals surface area contributed by atoms with Gasteiger partial charge in [-0.2, -0.15) is 15.4 Å². The summed E-state index contributed by atoms with van der Waals surface area (Å²) in [6.45, 7) is 1.31. The van der Waals surface area contributed by atoms with Crippen LogP contribution in [0.3, 0.4) is 0 Å². The van der Waals surface area contributed by atoms with Crippen LogP contribution in [0.1, 0.15) is 10.4 Å². The van der Waals surface area contributed by atoms with Gasteiger partial charge in [0.2, 0.25) is 0 Å². The lowest BCUT2D eigenvalue weighted by Gasteiger charge is -2.32. The Morgan fingerprint density at radius 1 is 1.47 bits per heavy atom. The van der Waals surface area contributed by atoms with E-state index in [1.807, 2.05) is 0 Å². The zero-order chi connectivity index (χ0) is 13.2. The summed E-state index contributed by atoms with van der Waals surface area (Å²) in [7, 11) is 0. The molecular weight excluding hydrogens is 248 g/mol. The number of ether oxygens (including phenoxy) is 1. The molecule has 1 fully saturated rings. The number of nitrogens with one attached hydrogen (secondary N) is 1. The van der Waals surface area contributed by atoms with Gasteiger partial charge in [0.1, 0.15) is 11.0 Å². The second kappa shape index (κ2) is 4.94. The summed E-state index contributed by atoms with van der Waals surface area (Å²) in [5, 5.41) is 19.5. The molecule has 1 amide bonds. The van der Waals surface area contributed by atoms with E-state index in [9.17, 15) is 4.79 Å². The molecule has 1 atom stereocenters. The summed E-state index contributed by atoms with van der Waals surface area (Å²) in [6.07, 6.45) is -0.298. The Hall–Kier alpha value is -1.99. The molecule has 0 spiro atoms. The van der Waals surface area contributed by atoms with Gasteiger partial charge in [-0.15, -0.1) is 0 Å². The summed E-state index contributed by atoms with van der Waals surface area (Å²) in [5.74, 6) is -0.0772.